The van der Waals surface area contributed by atoms with Crippen molar-refractivity contribution in [1.82, 2.24) is 19.9 Å². The van der Waals surface area contributed by atoms with Gasteiger partial charge in [0.05, 0.1) is 6.54 Å². The van der Waals surface area contributed by atoms with E-state index in [0.717, 1.165) is 89.6 Å². The van der Waals surface area contributed by atoms with E-state index >= 15 is 0 Å². The molecule has 0 spiro atoms. The smallest absolute Gasteiger partial charge is 0.236 e. The van der Waals surface area contributed by atoms with Crippen molar-refractivity contribution in [2.75, 3.05) is 45.9 Å². The van der Waals surface area contributed by atoms with Crippen molar-refractivity contribution in [2.45, 2.75) is 70.1 Å². The number of amides is 1. The van der Waals surface area contributed by atoms with Crippen LogP contribution >= 0.6 is 0 Å². The second kappa shape index (κ2) is 10.5. The maximum Gasteiger partial charge on any atom is 0.236 e. The number of aryl methyl sites for hydroxylation is 1. The minimum Gasteiger partial charge on any atom is -0.381 e. The molecule has 3 saturated heterocycles. The SMILES string of the molecule is O=C(CN1CCCCCC1)N1CCC(CCc2noc(C3CCOCC3)n2)CC1. The van der Waals surface area contributed by atoms with Gasteiger partial charge in [-0.15, -0.1) is 0 Å². The van der Waals surface area contributed by atoms with Gasteiger partial charge in [-0.2, -0.15) is 4.98 Å². The van der Waals surface area contributed by atoms with Crippen LogP contribution in [-0.2, 0) is 16.0 Å². The van der Waals surface area contributed by atoms with Gasteiger partial charge >= 0.3 is 0 Å². The number of ether oxygens (including phenoxy) is 1. The zero-order valence-corrected chi connectivity index (χ0v) is 17.7. The first kappa shape index (κ1) is 20.8. The van der Waals surface area contributed by atoms with E-state index in [1.165, 1.54) is 25.7 Å². The van der Waals surface area contributed by atoms with Crippen molar-refractivity contribution >= 4 is 5.91 Å². The molecule has 1 aromatic heterocycles. The average molecular weight is 405 g/mol. The third-order valence-electron chi connectivity index (χ3n) is 6.86. The maximum absolute atomic E-state index is 12.7. The van der Waals surface area contributed by atoms with E-state index in [1.807, 2.05) is 0 Å². The Hall–Kier alpha value is -1.47. The zero-order valence-electron chi connectivity index (χ0n) is 17.7. The van der Waals surface area contributed by atoms with Crippen LogP contribution < -0.4 is 0 Å². The highest BCUT2D eigenvalue weighted by atomic mass is 16.5. The maximum atomic E-state index is 12.7. The van der Waals surface area contributed by atoms with Crippen LogP contribution in [0.25, 0.3) is 0 Å². The van der Waals surface area contributed by atoms with Gasteiger partial charge in [-0.1, -0.05) is 18.0 Å². The predicted octanol–water partition coefficient (Wildman–Crippen LogP) is 3.01. The highest BCUT2D eigenvalue weighted by molar-refractivity contribution is 5.78. The number of hydrogen-bond donors (Lipinski definition) is 0. The molecule has 29 heavy (non-hydrogen) atoms. The summed E-state index contributed by atoms with van der Waals surface area (Å²) in [5.41, 5.74) is 0. The summed E-state index contributed by atoms with van der Waals surface area (Å²) in [6, 6.07) is 0. The standard InChI is InChI=1S/C22H36N4O3/c27-21(17-25-11-3-1-2-4-12-25)26-13-7-18(8-14-26)5-6-20-23-22(29-24-20)19-9-15-28-16-10-19/h18-19H,1-17H2. The van der Waals surface area contributed by atoms with Crippen molar-refractivity contribution in [3.05, 3.63) is 11.7 Å². The Bertz CT molecular complexity index is 628. The van der Waals surface area contributed by atoms with Crippen LogP contribution in [0, 0.1) is 5.92 Å². The lowest BCUT2D eigenvalue weighted by atomic mass is 9.92. The van der Waals surface area contributed by atoms with E-state index in [9.17, 15) is 4.79 Å². The van der Waals surface area contributed by atoms with E-state index in [-0.39, 0.29) is 0 Å². The third kappa shape index (κ3) is 6.01. The molecule has 0 aliphatic carbocycles. The Kier molecular flexibility index (Phi) is 7.55. The first-order chi connectivity index (χ1) is 14.3. The number of carbonyl (C=O) groups is 1. The van der Waals surface area contributed by atoms with Crippen molar-refractivity contribution in [1.29, 1.82) is 0 Å². The molecule has 4 heterocycles. The average Bonchev–Trinajstić information content (AvgIpc) is 3.10. The number of aromatic nitrogens is 2. The van der Waals surface area contributed by atoms with Crippen LogP contribution in [0.5, 0.6) is 0 Å². The summed E-state index contributed by atoms with van der Waals surface area (Å²) in [4.78, 5) is 21.7. The Morgan fingerprint density at radius 3 is 2.41 bits per heavy atom. The summed E-state index contributed by atoms with van der Waals surface area (Å²) in [6.45, 7) is 6.16. The Morgan fingerprint density at radius 1 is 0.966 bits per heavy atom. The number of carbonyl (C=O) groups excluding carboxylic acids is 1. The molecule has 0 bridgehead atoms. The fraction of sp³-hybridized carbons (Fsp3) is 0.864. The Labute approximate surface area is 174 Å². The Balaban J connectivity index is 1.16. The van der Waals surface area contributed by atoms with E-state index in [0.29, 0.717) is 24.3 Å². The first-order valence-electron chi connectivity index (χ1n) is 11.7. The van der Waals surface area contributed by atoms with E-state index < -0.39 is 0 Å². The Morgan fingerprint density at radius 2 is 1.69 bits per heavy atom. The molecule has 0 radical (unpaired) electrons. The lowest BCUT2D eigenvalue weighted by molar-refractivity contribution is -0.133. The van der Waals surface area contributed by atoms with Gasteiger partial charge in [-0.25, -0.2) is 0 Å². The van der Waals surface area contributed by atoms with Gasteiger partial charge in [0.25, 0.3) is 0 Å². The van der Waals surface area contributed by atoms with Gasteiger partial charge in [-0.3, -0.25) is 9.69 Å². The molecule has 4 rings (SSSR count). The van der Waals surface area contributed by atoms with Gasteiger partial charge in [0.1, 0.15) is 0 Å². The molecular weight excluding hydrogens is 368 g/mol. The number of piperidine rings is 1. The van der Waals surface area contributed by atoms with E-state index in [4.69, 9.17) is 9.26 Å². The van der Waals surface area contributed by atoms with Crippen molar-refractivity contribution in [3.63, 3.8) is 0 Å². The van der Waals surface area contributed by atoms with Crippen LogP contribution in [0.1, 0.15) is 75.4 Å². The van der Waals surface area contributed by atoms with Gasteiger partial charge in [-0.05, 0) is 64.0 Å². The van der Waals surface area contributed by atoms with Gasteiger partial charge in [0, 0.05) is 38.6 Å². The molecular formula is C22H36N4O3. The lowest BCUT2D eigenvalue weighted by Crippen LogP contribution is -2.44. The molecule has 0 N–H and O–H groups in total. The van der Waals surface area contributed by atoms with Crippen LogP contribution in [0.3, 0.4) is 0 Å². The summed E-state index contributed by atoms with van der Waals surface area (Å²) in [5.74, 6) is 2.97. The van der Waals surface area contributed by atoms with Crippen molar-refractivity contribution in [2.24, 2.45) is 5.92 Å². The number of nitrogens with zero attached hydrogens (tertiary/aromatic N) is 4. The molecule has 0 unspecified atom stereocenters. The fourth-order valence-corrected chi connectivity index (χ4v) is 4.87. The molecule has 0 aromatic carbocycles. The van der Waals surface area contributed by atoms with Gasteiger partial charge in [0.15, 0.2) is 5.82 Å². The second-order valence-electron chi connectivity index (χ2n) is 8.99. The fourth-order valence-electron chi connectivity index (χ4n) is 4.87. The molecule has 7 heteroatoms. The second-order valence-corrected chi connectivity index (χ2v) is 8.99. The van der Waals surface area contributed by atoms with Crippen LogP contribution in [0.15, 0.2) is 4.52 Å². The molecule has 3 aliphatic rings. The van der Waals surface area contributed by atoms with E-state index in [2.05, 4.69) is 19.9 Å². The third-order valence-corrected chi connectivity index (χ3v) is 6.86. The molecule has 1 aromatic rings. The molecule has 0 saturated carbocycles. The topological polar surface area (TPSA) is 71.7 Å². The molecule has 0 atom stereocenters. The quantitative estimate of drug-likeness (QED) is 0.726. The number of hydrogen-bond acceptors (Lipinski definition) is 6. The lowest BCUT2D eigenvalue weighted by Gasteiger charge is -2.33. The number of rotatable bonds is 6. The molecule has 162 valence electrons. The predicted molar refractivity (Wildman–Crippen MR) is 110 cm³/mol. The summed E-state index contributed by atoms with van der Waals surface area (Å²) in [6.07, 6.45) is 11.2. The summed E-state index contributed by atoms with van der Waals surface area (Å²) in [5, 5.41) is 4.19. The monoisotopic (exact) mass is 404 g/mol. The van der Waals surface area contributed by atoms with Gasteiger partial charge in [0.2, 0.25) is 11.8 Å². The van der Waals surface area contributed by atoms with Crippen molar-refractivity contribution < 1.29 is 14.1 Å². The normalized spacial score (nSPS) is 23.2. The summed E-state index contributed by atoms with van der Waals surface area (Å²) < 4.78 is 10.9. The van der Waals surface area contributed by atoms with E-state index in [1.54, 1.807) is 0 Å². The number of likely N-dealkylation sites (tertiary alicyclic amines) is 2. The van der Waals surface area contributed by atoms with Crippen molar-refractivity contribution in [3.8, 4) is 0 Å². The molecule has 3 aliphatic heterocycles. The molecule has 7 nitrogen and oxygen atoms in total. The molecule has 1 amide bonds. The highest BCUT2D eigenvalue weighted by Gasteiger charge is 2.25. The largest absolute Gasteiger partial charge is 0.381 e. The van der Waals surface area contributed by atoms with Crippen LogP contribution in [-0.4, -0.2) is 71.8 Å². The van der Waals surface area contributed by atoms with Crippen LogP contribution in [0.2, 0.25) is 0 Å². The van der Waals surface area contributed by atoms with Gasteiger partial charge < -0.3 is 14.2 Å². The molecule has 3 fully saturated rings. The first-order valence-corrected chi connectivity index (χ1v) is 11.7. The minimum absolute atomic E-state index is 0.324. The minimum atomic E-state index is 0.324. The zero-order chi connectivity index (χ0) is 19.9. The van der Waals surface area contributed by atoms with Crippen LogP contribution in [0.4, 0.5) is 0 Å². The highest BCUT2D eigenvalue weighted by Crippen LogP contribution is 2.26. The summed E-state index contributed by atoms with van der Waals surface area (Å²) >= 11 is 0. The summed E-state index contributed by atoms with van der Waals surface area (Å²) in [7, 11) is 0.